The molecule has 15 heavy (non-hydrogen) atoms. The van der Waals surface area contributed by atoms with Crippen molar-refractivity contribution in [2.24, 2.45) is 5.73 Å². The number of furan rings is 1. The second kappa shape index (κ2) is 4.16. The molecule has 0 aliphatic carbocycles. The van der Waals surface area contributed by atoms with Crippen LogP contribution in [0.25, 0.3) is 10.8 Å². The number of aromatic nitrogens is 1. The van der Waals surface area contributed by atoms with Gasteiger partial charge in [0.05, 0.1) is 12.0 Å². The maximum atomic E-state index is 5.90. The first-order valence-corrected chi connectivity index (χ1v) is 5.83. The molecule has 2 N–H and O–H groups in total. The second-order valence-electron chi connectivity index (χ2n) is 3.45. The Bertz CT molecular complexity index is 431. The topological polar surface area (TPSA) is 52.0 Å². The standard InChI is InChI=1S/C11H14N2OS/c1-3-8-10(7(2)12)15-11(13-8)9-5-4-6-14-9/h4-7H,3,12H2,1-2H3. The van der Waals surface area contributed by atoms with Gasteiger partial charge in [0.25, 0.3) is 0 Å². The summed E-state index contributed by atoms with van der Waals surface area (Å²) in [5.41, 5.74) is 6.98. The lowest BCUT2D eigenvalue weighted by Gasteiger charge is -2.01. The highest BCUT2D eigenvalue weighted by Crippen LogP contribution is 2.31. The molecule has 0 bridgehead atoms. The fourth-order valence-corrected chi connectivity index (χ4v) is 2.55. The van der Waals surface area contributed by atoms with E-state index in [2.05, 4.69) is 11.9 Å². The first-order valence-electron chi connectivity index (χ1n) is 5.01. The van der Waals surface area contributed by atoms with Crippen LogP contribution in [-0.4, -0.2) is 4.98 Å². The van der Waals surface area contributed by atoms with Crippen LogP contribution in [-0.2, 0) is 6.42 Å². The van der Waals surface area contributed by atoms with Crippen LogP contribution in [0.3, 0.4) is 0 Å². The van der Waals surface area contributed by atoms with Crippen LogP contribution < -0.4 is 5.73 Å². The number of hydrogen-bond acceptors (Lipinski definition) is 4. The van der Waals surface area contributed by atoms with Crippen molar-refractivity contribution in [2.75, 3.05) is 0 Å². The van der Waals surface area contributed by atoms with Crippen molar-refractivity contribution >= 4 is 11.3 Å². The van der Waals surface area contributed by atoms with E-state index in [-0.39, 0.29) is 6.04 Å². The van der Waals surface area contributed by atoms with Crippen LogP contribution in [0.4, 0.5) is 0 Å². The zero-order chi connectivity index (χ0) is 10.8. The SMILES string of the molecule is CCc1nc(-c2ccco2)sc1C(C)N. The monoisotopic (exact) mass is 222 g/mol. The molecule has 0 amide bonds. The molecule has 3 nitrogen and oxygen atoms in total. The van der Waals surface area contributed by atoms with Gasteiger partial charge in [-0.05, 0) is 25.5 Å². The maximum absolute atomic E-state index is 5.90. The van der Waals surface area contributed by atoms with Gasteiger partial charge in [-0.3, -0.25) is 0 Å². The van der Waals surface area contributed by atoms with Crippen LogP contribution in [0.15, 0.2) is 22.8 Å². The van der Waals surface area contributed by atoms with E-state index in [4.69, 9.17) is 10.2 Å². The Labute approximate surface area is 92.9 Å². The van der Waals surface area contributed by atoms with Gasteiger partial charge >= 0.3 is 0 Å². The minimum Gasteiger partial charge on any atom is -0.462 e. The van der Waals surface area contributed by atoms with E-state index in [1.54, 1.807) is 17.6 Å². The molecule has 2 aromatic heterocycles. The van der Waals surface area contributed by atoms with Crippen LogP contribution in [0, 0.1) is 0 Å². The smallest absolute Gasteiger partial charge is 0.162 e. The summed E-state index contributed by atoms with van der Waals surface area (Å²) in [6, 6.07) is 3.83. The number of nitrogens with zero attached hydrogens (tertiary/aromatic N) is 1. The van der Waals surface area contributed by atoms with Crippen molar-refractivity contribution in [1.29, 1.82) is 0 Å². The average Bonchev–Trinajstić information content (AvgIpc) is 2.86. The third-order valence-electron chi connectivity index (χ3n) is 2.21. The zero-order valence-corrected chi connectivity index (χ0v) is 9.67. The molecule has 2 rings (SSSR count). The van der Waals surface area contributed by atoms with Gasteiger partial charge in [0.15, 0.2) is 10.8 Å². The predicted molar refractivity (Wildman–Crippen MR) is 61.8 cm³/mol. The Morgan fingerprint density at radius 2 is 2.40 bits per heavy atom. The molecule has 0 radical (unpaired) electrons. The van der Waals surface area contributed by atoms with Crippen molar-refractivity contribution in [3.63, 3.8) is 0 Å². The molecule has 0 saturated heterocycles. The summed E-state index contributed by atoms with van der Waals surface area (Å²) >= 11 is 1.62. The summed E-state index contributed by atoms with van der Waals surface area (Å²) in [6.45, 7) is 4.07. The quantitative estimate of drug-likeness (QED) is 0.868. The van der Waals surface area contributed by atoms with Crippen LogP contribution in [0.5, 0.6) is 0 Å². The molecule has 0 aromatic carbocycles. The molecule has 0 spiro atoms. The Morgan fingerprint density at radius 1 is 1.60 bits per heavy atom. The molecular formula is C11H14N2OS. The molecule has 1 atom stereocenters. The van der Waals surface area contributed by atoms with Gasteiger partial charge in [0.2, 0.25) is 0 Å². The van der Waals surface area contributed by atoms with E-state index < -0.39 is 0 Å². The second-order valence-corrected chi connectivity index (χ2v) is 4.48. The molecule has 0 fully saturated rings. The summed E-state index contributed by atoms with van der Waals surface area (Å²) in [4.78, 5) is 5.69. The van der Waals surface area contributed by atoms with Crippen LogP contribution >= 0.6 is 11.3 Å². The first-order chi connectivity index (χ1) is 7.22. The highest BCUT2D eigenvalue weighted by molar-refractivity contribution is 7.15. The summed E-state index contributed by atoms with van der Waals surface area (Å²) in [7, 11) is 0. The number of hydrogen-bond donors (Lipinski definition) is 1. The van der Waals surface area contributed by atoms with Crippen molar-refractivity contribution in [3.8, 4) is 10.8 Å². The number of nitrogens with two attached hydrogens (primary N) is 1. The largest absolute Gasteiger partial charge is 0.462 e. The van der Waals surface area contributed by atoms with E-state index >= 15 is 0 Å². The third kappa shape index (κ3) is 1.96. The van der Waals surface area contributed by atoms with E-state index in [1.807, 2.05) is 19.1 Å². The lowest BCUT2D eigenvalue weighted by Crippen LogP contribution is -2.05. The summed E-state index contributed by atoms with van der Waals surface area (Å²) in [5.74, 6) is 0.821. The molecule has 80 valence electrons. The Hall–Kier alpha value is -1.13. The fraction of sp³-hybridized carbons (Fsp3) is 0.364. The molecule has 0 aliphatic rings. The number of rotatable bonds is 3. The minimum atomic E-state index is 0.0427. The van der Waals surface area contributed by atoms with Gasteiger partial charge < -0.3 is 10.2 Å². The van der Waals surface area contributed by atoms with E-state index in [0.29, 0.717) is 0 Å². The molecular weight excluding hydrogens is 208 g/mol. The van der Waals surface area contributed by atoms with Crippen molar-refractivity contribution in [3.05, 3.63) is 29.0 Å². The Kier molecular flexibility index (Phi) is 2.88. The molecule has 4 heteroatoms. The Morgan fingerprint density at radius 3 is 2.87 bits per heavy atom. The highest BCUT2D eigenvalue weighted by Gasteiger charge is 2.15. The van der Waals surface area contributed by atoms with Crippen molar-refractivity contribution in [1.82, 2.24) is 4.98 Å². The number of aryl methyl sites for hydroxylation is 1. The Balaban J connectivity index is 2.43. The van der Waals surface area contributed by atoms with E-state index in [9.17, 15) is 0 Å². The fourth-order valence-electron chi connectivity index (χ4n) is 1.48. The average molecular weight is 222 g/mol. The lowest BCUT2D eigenvalue weighted by molar-refractivity contribution is 0.581. The highest BCUT2D eigenvalue weighted by atomic mass is 32.1. The van der Waals surface area contributed by atoms with Crippen molar-refractivity contribution < 1.29 is 4.42 Å². The lowest BCUT2D eigenvalue weighted by atomic mass is 10.2. The molecule has 2 heterocycles. The van der Waals surface area contributed by atoms with Gasteiger partial charge in [-0.15, -0.1) is 11.3 Å². The van der Waals surface area contributed by atoms with Gasteiger partial charge in [-0.1, -0.05) is 6.92 Å². The molecule has 0 saturated carbocycles. The summed E-state index contributed by atoms with van der Waals surface area (Å²) in [5, 5.41) is 0.921. The minimum absolute atomic E-state index is 0.0427. The maximum Gasteiger partial charge on any atom is 0.162 e. The molecule has 1 unspecified atom stereocenters. The summed E-state index contributed by atoms with van der Waals surface area (Å²) < 4.78 is 5.32. The van der Waals surface area contributed by atoms with Gasteiger partial charge in [0.1, 0.15) is 0 Å². The first kappa shape index (κ1) is 10.4. The van der Waals surface area contributed by atoms with Gasteiger partial charge in [0, 0.05) is 10.9 Å². The van der Waals surface area contributed by atoms with E-state index in [0.717, 1.165) is 27.8 Å². The van der Waals surface area contributed by atoms with Crippen molar-refractivity contribution in [2.45, 2.75) is 26.3 Å². The normalized spacial score (nSPS) is 13.0. The molecule has 0 aliphatic heterocycles. The van der Waals surface area contributed by atoms with Crippen LogP contribution in [0.1, 0.15) is 30.5 Å². The number of thiazole rings is 1. The van der Waals surface area contributed by atoms with E-state index in [1.165, 1.54) is 0 Å². The zero-order valence-electron chi connectivity index (χ0n) is 8.86. The summed E-state index contributed by atoms with van der Waals surface area (Å²) in [6.07, 6.45) is 2.57. The van der Waals surface area contributed by atoms with Crippen LogP contribution in [0.2, 0.25) is 0 Å². The van der Waals surface area contributed by atoms with Gasteiger partial charge in [-0.2, -0.15) is 0 Å². The third-order valence-corrected chi connectivity index (χ3v) is 3.52. The predicted octanol–water partition coefficient (Wildman–Crippen LogP) is 2.99. The van der Waals surface area contributed by atoms with Gasteiger partial charge in [-0.25, -0.2) is 4.98 Å². The molecule has 2 aromatic rings.